The van der Waals surface area contributed by atoms with Crippen LogP contribution in [0.4, 0.5) is 0 Å². The number of hydrogen-bond donors (Lipinski definition) is 0. The molecule has 1 aromatic rings. The summed E-state index contributed by atoms with van der Waals surface area (Å²) in [5, 5.41) is 8.28. The Morgan fingerprint density at radius 3 is 2.57 bits per heavy atom. The van der Waals surface area contributed by atoms with Crippen molar-refractivity contribution in [2.75, 3.05) is 0 Å². The monoisotopic (exact) mass is 187 g/mol. The summed E-state index contributed by atoms with van der Waals surface area (Å²) < 4.78 is 4.67. The van der Waals surface area contributed by atoms with Crippen molar-refractivity contribution in [3.05, 3.63) is 42.0 Å². The molecule has 0 spiro atoms. The van der Waals surface area contributed by atoms with Gasteiger partial charge in [-0.25, -0.2) is 0 Å². The van der Waals surface area contributed by atoms with Crippen molar-refractivity contribution in [1.82, 2.24) is 0 Å². The molecule has 0 aromatic heterocycles. The fraction of sp³-hybridized carbons (Fsp3) is 0.250. The molecule has 0 atom stereocenters. The van der Waals surface area contributed by atoms with E-state index in [4.69, 9.17) is 5.26 Å². The van der Waals surface area contributed by atoms with Crippen LogP contribution in [-0.4, -0.2) is 0 Å². The van der Waals surface area contributed by atoms with Crippen molar-refractivity contribution in [2.24, 2.45) is 0 Å². The van der Waals surface area contributed by atoms with Gasteiger partial charge in [-0.15, -0.1) is 11.8 Å². The van der Waals surface area contributed by atoms with Crippen molar-refractivity contribution in [1.29, 1.82) is 5.26 Å². The largest absolute Gasteiger partial charge is 0.388 e. The Labute approximate surface area is 84.4 Å². The topological polar surface area (TPSA) is 33.0 Å². The molecule has 0 aliphatic carbocycles. The number of nitriles is 1. The molecule has 14 heavy (non-hydrogen) atoms. The van der Waals surface area contributed by atoms with Gasteiger partial charge in [0.2, 0.25) is 0 Å². The molecule has 0 aliphatic heterocycles. The summed E-state index contributed by atoms with van der Waals surface area (Å²) in [5.74, 6) is 0.589. The zero-order valence-corrected chi connectivity index (χ0v) is 8.29. The molecule has 0 aliphatic rings. The van der Waals surface area contributed by atoms with E-state index in [9.17, 15) is 0 Å². The first-order valence-electron chi connectivity index (χ1n) is 4.51. The maximum Gasteiger partial charge on any atom is 0.292 e. The Morgan fingerprint density at radius 2 is 2.07 bits per heavy atom. The predicted molar refractivity (Wildman–Crippen MR) is 55.8 cm³/mol. The van der Waals surface area contributed by atoms with E-state index in [2.05, 4.69) is 11.3 Å². The smallest absolute Gasteiger partial charge is 0.292 e. The average Bonchev–Trinajstić information content (AvgIpc) is 2.17. The Hall–Kier alpha value is -1.75. The lowest BCUT2D eigenvalue weighted by Crippen LogP contribution is -1.87. The van der Waals surface area contributed by atoms with Gasteiger partial charge in [-0.3, -0.25) is 0 Å². The summed E-state index contributed by atoms with van der Waals surface area (Å²) in [6, 6.07) is 7.54. The second-order valence-corrected chi connectivity index (χ2v) is 3.29. The van der Waals surface area contributed by atoms with Gasteiger partial charge in [0.15, 0.2) is 0 Å². The summed E-state index contributed by atoms with van der Waals surface area (Å²) >= 11 is 0. The van der Waals surface area contributed by atoms with Gasteiger partial charge in [0.05, 0.1) is 0 Å². The van der Waals surface area contributed by atoms with E-state index in [1.807, 2.05) is 19.1 Å². The summed E-state index contributed by atoms with van der Waals surface area (Å²) in [6.07, 6.45) is 3.63. The summed E-state index contributed by atoms with van der Waals surface area (Å²) in [7, 11) is 0. The maximum atomic E-state index is 8.28. The first kappa shape index (κ1) is 10.3. The van der Waals surface area contributed by atoms with Gasteiger partial charge < -0.3 is 4.74 Å². The molecule has 0 saturated heterocycles. The quantitative estimate of drug-likeness (QED) is 0.536. The van der Waals surface area contributed by atoms with Crippen LogP contribution in [0.3, 0.4) is 0 Å². The van der Waals surface area contributed by atoms with Crippen LogP contribution >= 0.6 is 0 Å². The Kier molecular flexibility index (Phi) is 3.75. The predicted octanol–water partition coefficient (Wildman–Crippen LogP) is 3.06. The normalized spacial score (nSPS) is 9.14. The lowest BCUT2D eigenvalue weighted by Gasteiger charge is -2.01. The molecule has 0 bridgehead atoms. The van der Waals surface area contributed by atoms with E-state index in [0.29, 0.717) is 5.75 Å². The molecule has 0 fully saturated rings. The number of benzene rings is 1. The van der Waals surface area contributed by atoms with Crippen LogP contribution in [0.15, 0.2) is 36.4 Å². The molecule has 0 saturated carbocycles. The second kappa shape index (κ2) is 5.08. The number of allylic oxidation sites excluding steroid dienone is 1. The maximum absolute atomic E-state index is 8.28. The highest BCUT2D eigenvalue weighted by atomic mass is 16.5. The van der Waals surface area contributed by atoms with Crippen molar-refractivity contribution in [2.45, 2.75) is 19.8 Å². The minimum atomic E-state index is 0.589. The molecular formula is C12H13NO. The molecule has 0 unspecified atom stereocenters. The Bertz CT molecular complexity index is 346. The first-order chi connectivity index (χ1) is 6.72. The highest BCUT2D eigenvalue weighted by Crippen LogP contribution is 2.14. The average molecular weight is 187 g/mol. The van der Waals surface area contributed by atoms with Gasteiger partial charge in [0, 0.05) is 0 Å². The van der Waals surface area contributed by atoms with E-state index in [-0.39, 0.29) is 0 Å². The Morgan fingerprint density at radius 1 is 1.43 bits per heavy atom. The SMILES string of the molecule is C=C(C)CCc1ccc(OC#N)cc1. The van der Waals surface area contributed by atoms with Gasteiger partial charge in [-0.05, 0) is 37.5 Å². The van der Waals surface area contributed by atoms with E-state index < -0.39 is 0 Å². The van der Waals surface area contributed by atoms with Crippen molar-refractivity contribution >= 4 is 0 Å². The minimum absolute atomic E-state index is 0.589. The molecule has 0 heterocycles. The first-order valence-corrected chi connectivity index (χ1v) is 4.51. The van der Waals surface area contributed by atoms with E-state index in [1.165, 1.54) is 11.1 Å². The van der Waals surface area contributed by atoms with Crippen molar-refractivity contribution in [3.8, 4) is 12.0 Å². The number of rotatable bonds is 4. The minimum Gasteiger partial charge on any atom is -0.388 e. The third kappa shape index (κ3) is 3.32. The molecular weight excluding hydrogens is 174 g/mol. The van der Waals surface area contributed by atoms with E-state index >= 15 is 0 Å². The third-order valence-electron chi connectivity index (χ3n) is 1.93. The summed E-state index contributed by atoms with van der Waals surface area (Å²) in [5.41, 5.74) is 2.42. The number of aryl methyl sites for hydroxylation is 1. The molecule has 1 aromatic carbocycles. The van der Waals surface area contributed by atoms with Gasteiger partial charge in [0.25, 0.3) is 6.26 Å². The van der Waals surface area contributed by atoms with Crippen molar-refractivity contribution in [3.63, 3.8) is 0 Å². The molecule has 0 N–H and O–H groups in total. The molecule has 0 radical (unpaired) electrons. The molecule has 2 nitrogen and oxygen atoms in total. The van der Waals surface area contributed by atoms with Crippen LogP contribution in [0.25, 0.3) is 0 Å². The Balaban J connectivity index is 2.56. The fourth-order valence-electron chi connectivity index (χ4n) is 1.13. The van der Waals surface area contributed by atoms with E-state index in [0.717, 1.165) is 12.8 Å². The van der Waals surface area contributed by atoms with Crippen LogP contribution in [0.1, 0.15) is 18.9 Å². The van der Waals surface area contributed by atoms with Crippen LogP contribution in [0, 0.1) is 11.5 Å². The zero-order valence-electron chi connectivity index (χ0n) is 8.29. The lowest BCUT2D eigenvalue weighted by molar-refractivity contribution is 0.507. The highest BCUT2D eigenvalue weighted by molar-refractivity contribution is 5.28. The van der Waals surface area contributed by atoms with E-state index in [1.54, 1.807) is 18.4 Å². The summed E-state index contributed by atoms with van der Waals surface area (Å²) in [4.78, 5) is 0. The molecule has 0 amide bonds. The third-order valence-corrected chi connectivity index (χ3v) is 1.93. The van der Waals surface area contributed by atoms with Crippen LogP contribution < -0.4 is 4.74 Å². The standard InChI is InChI=1S/C12H13NO/c1-10(2)3-4-11-5-7-12(8-6-11)14-9-13/h5-8H,1,3-4H2,2H3. The van der Waals surface area contributed by atoms with Crippen LogP contribution in [-0.2, 0) is 6.42 Å². The van der Waals surface area contributed by atoms with Crippen LogP contribution in [0.2, 0.25) is 0 Å². The molecule has 2 heteroatoms. The van der Waals surface area contributed by atoms with Crippen molar-refractivity contribution < 1.29 is 4.74 Å². The second-order valence-electron chi connectivity index (χ2n) is 3.29. The number of nitrogens with zero attached hydrogens (tertiary/aromatic N) is 1. The van der Waals surface area contributed by atoms with Gasteiger partial charge >= 0.3 is 0 Å². The van der Waals surface area contributed by atoms with Gasteiger partial charge in [-0.2, -0.15) is 0 Å². The zero-order chi connectivity index (χ0) is 10.4. The van der Waals surface area contributed by atoms with Gasteiger partial charge in [0.1, 0.15) is 5.75 Å². The number of ether oxygens (including phenoxy) is 1. The summed E-state index contributed by atoms with van der Waals surface area (Å²) in [6.45, 7) is 5.87. The number of hydrogen-bond acceptors (Lipinski definition) is 2. The fourth-order valence-corrected chi connectivity index (χ4v) is 1.13. The van der Waals surface area contributed by atoms with Crippen LogP contribution in [0.5, 0.6) is 5.75 Å². The highest BCUT2D eigenvalue weighted by Gasteiger charge is 1.95. The molecule has 72 valence electrons. The van der Waals surface area contributed by atoms with Gasteiger partial charge in [-0.1, -0.05) is 17.7 Å². The molecule has 1 rings (SSSR count). The lowest BCUT2D eigenvalue weighted by atomic mass is 10.1.